The van der Waals surface area contributed by atoms with Crippen LogP contribution in [0, 0.1) is 18.6 Å². The molecule has 24 heavy (non-hydrogen) atoms. The molecule has 0 unspecified atom stereocenters. The van der Waals surface area contributed by atoms with Crippen LogP contribution in [0.25, 0.3) is 0 Å². The van der Waals surface area contributed by atoms with E-state index in [0.29, 0.717) is 24.0 Å². The van der Waals surface area contributed by atoms with E-state index in [1.54, 1.807) is 0 Å². The van der Waals surface area contributed by atoms with E-state index in [1.807, 2.05) is 31.2 Å². The summed E-state index contributed by atoms with van der Waals surface area (Å²) in [5, 5.41) is 0.505. The van der Waals surface area contributed by atoms with Crippen LogP contribution in [-0.4, -0.2) is 29.1 Å². The van der Waals surface area contributed by atoms with Gasteiger partial charge in [-0.1, -0.05) is 42.1 Å². The van der Waals surface area contributed by atoms with Gasteiger partial charge in [-0.2, -0.15) is 0 Å². The Morgan fingerprint density at radius 3 is 2.58 bits per heavy atom. The van der Waals surface area contributed by atoms with Gasteiger partial charge in [-0.3, -0.25) is 14.7 Å². The van der Waals surface area contributed by atoms with Crippen molar-refractivity contribution in [2.45, 2.75) is 12.7 Å². The normalized spacial score (nSPS) is 14.0. The molecule has 2 aromatic rings. The van der Waals surface area contributed by atoms with Crippen molar-refractivity contribution in [1.82, 2.24) is 4.90 Å². The Morgan fingerprint density at radius 2 is 1.88 bits per heavy atom. The highest BCUT2D eigenvalue weighted by molar-refractivity contribution is 8.13. The predicted octanol–water partition coefficient (Wildman–Crippen LogP) is 4.02. The van der Waals surface area contributed by atoms with Crippen LogP contribution in [0.3, 0.4) is 0 Å². The summed E-state index contributed by atoms with van der Waals surface area (Å²) in [5.41, 5.74) is 1.77. The molecule has 0 atom stereocenters. The molecule has 0 saturated carbocycles. The Kier molecular flexibility index (Phi) is 4.94. The summed E-state index contributed by atoms with van der Waals surface area (Å²) in [4.78, 5) is 18.2. The second-order valence-electron chi connectivity index (χ2n) is 5.43. The molecule has 0 aliphatic carbocycles. The first-order valence-corrected chi connectivity index (χ1v) is 8.54. The Morgan fingerprint density at radius 1 is 1.17 bits per heavy atom. The fourth-order valence-electron chi connectivity index (χ4n) is 2.49. The van der Waals surface area contributed by atoms with Gasteiger partial charge in [0.2, 0.25) is 0 Å². The van der Waals surface area contributed by atoms with Gasteiger partial charge >= 0.3 is 0 Å². The minimum Gasteiger partial charge on any atom is -0.285 e. The second-order valence-corrected chi connectivity index (χ2v) is 6.38. The molecule has 3 nitrogen and oxygen atoms in total. The zero-order valence-electron chi connectivity index (χ0n) is 13.1. The Hall–Kier alpha value is -2.21. The number of carbonyl (C=O) groups excluding carboxylic acids is 1. The first-order valence-electron chi connectivity index (χ1n) is 7.55. The lowest BCUT2D eigenvalue weighted by Gasteiger charge is -2.18. The number of amidine groups is 1. The Labute approximate surface area is 143 Å². The molecule has 1 aliphatic rings. The van der Waals surface area contributed by atoms with Crippen LogP contribution in [0.2, 0.25) is 0 Å². The average Bonchev–Trinajstić information content (AvgIpc) is 3.02. The maximum Gasteiger partial charge on any atom is 0.265 e. The van der Waals surface area contributed by atoms with Gasteiger partial charge in [0.1, 0.15) is 17.2 Å². The highest BCUT2D eigenvalue weighted by atomic mass is 32.2. The predicted molar refractivity (Wildman–Crippen MR) is 92.2 cm³/mol. The average molecular weight is 346 g/mol. The Balaban J connectivity index is 1.76. The fraction of sp³-hybridized carbons (Fsp3) is 0.222. The third-order valence-corrected chi connectivity index (χ3v) is 4.90. The fourth-order valence-corrected chi connectivity index (χ4v) is 3.61. The van der Waals surface area contributed by atoms with E-state index >= 15 is 0 Å². The van der Waals surface area contributed by atoms with Gasteiger partial charge in [0.25, 0.3) is 5.91 Å². The number of hydrogen-bond donors (Lipinski definition) is 0. The van der Waals surface area contributed by atoms with Crippen molar-refractivity contribution in [2.24, 2.45) is 4.99 Å². The van der Waals surface area contributed by atoms with E-state index in [1.165, 1.54) is 22.7 Å². The molecule has 0 saturated heterocycles. The molecular weight excluding hydrogens is 330 g/mol. The minimum absolute atomic E-state index is 0.336. The first kappa shape index (κ1) is 16.6. The molecule has 3 rings (SSSR count). The minimum atomic E-state index is -0.852. The van der Waals surface area contributed by atoms with Crippen LogP contribution >= 0.6 is 11.8 Å². The zero-order valence-corrected chi connectivity index (χ0v) is 13.9. The van der Waals surface area contributed by atoms with Crippen LogP contribution in [0.5, 0.6) is 0 Å². The number of rotatable bonds is 3. The number of thioether (sulfide) groups is 1. The van der Waals surface area contributed by atoms with Gasteiger partial charge in [0.05, 0.1) is 6.54 Å². The highest BCUT2D eigenvalue weighted by Crippen LogP contribution is 2.24. The molecule has 0 N–H and O–H groups in total. The SMILES string of the molecule is Cc1ccccc1CSC1=NCCN1C(=O)c1c(F)cccc1F. The number of nitrogens with zero attached hydrogens (tertiary/aromatic N) is 2. The van der Waals surface area contributed by atoms with Crippen molar-refractivity contribution < 1.29 is 13.6 Å². The molecule has 0 spiro atoms. The molecule has 0 radical (unpaired) electrons. The lowest BCUT2D eigenvalue weighted by Crippen LogP contribution is -2.34. The standard InChI is InChI=1S/C18H16F2N2OS/c1-12-5-2-3-6-13(12)11-24-18-21-9-10-22(18)17(23)16-14(19)7-4-8-15(16)20/h2-8H,9-11H2,1H3. The van der Waals surface area contributed by atoms with Gasteiger partial charge in [-0.25, -0.2) is 8.78 Å². The lowest BCUT2D eigenvalue weighted by atomic mass is 10.1. The van der Waals surface area contributed by atoms with E-state index in [9.17, 15) is 13.6 Å². The van der Waals surface area contributed by atoms with Crippen LogP contribution < -0.4 is 0 Å². The summed E-state index contributed by atoms with van der Waals surface area (Å²) < 4.78 is 27.7. The van der Waals surface area contributed by atoms with Crippen molar-refractivity contribution in [2.75, 3.05) is 13.1 Å². The highest BCUT2D eigenvalue weighted by Gasteiger charge is 2.29. The van der Waals surface area contributed by atoms with Gasteiger partial charge in [0.15, 0.2) is 5.17 Å². The molecule has 0 bridgehead atoms. The summed E-state index contributed by atoms with van der Waals surface area (Å²) in [5.74, 6) is -1.74. The smallest absolute Gasteiger partial charge is 0.265 e. The lowest BCUT2D eigenvalue weighted by molar-refractivity contribution is 0.0851. The third kappa shape index (κ3) is 3.33. The Bertz CT molecular complexity index is 787. The molecule has 1 amide bonds. The van der Waals surface area contributed by atoms with Crippen molar-refractivity contribution in [3.63, 3.8) is 0 Å². The van der Waals surface area contributed by atoms with E-state index < -0.39 is 23.1 Å². The van der Waals surface area contributed by atoms with Crippen molar-refractivity contribution in [1.29, 1.82) is 0 Å². The van der Waals surface area contributed by atoms with Crippen molar-refractivity contribution in [3.05, 3.63) is 70.8 Å². The van der Waals surface area contributed by atoms with Crippen molar-refractivity contribution in [3.8, 4) is 0 Å². The number of benzene rings is 2. The molecule has 0 aromatic heterocycles. The van der Waals surface area contributed by atoms with E-state index in [-0.39, 0.29) is 0 Å². The monoisotopic (exact) mass is 346 g/mol. The van der Waals surface area contributed by atoms with Gasteiger partial charge in [0, 0.05) is 12.3 Å². The molecule has 6 heteroatoms. The molecule has 0 fully saturated rings. The van der Waals surface area contributed by atoms with Crippen molar-refractivity contribution >= 4 is 22.8 Å². The second kappa shape index (κ2) is 7.13. The van der Waals surface area contributed by atoms with Gasteiger partial charge in [-0.15, -0.1) is 0 Å². The number of aliphatic imine (C=N–C) groups is 1. The maximum absolute atomic E-state index is 13.9. The number of carbonyl (C=O) groups is 1. The zero-order chi connectivity index (χ0) is 17.1. The van der Waals surface area contributed by atoms with E-state index in [4.69, 9.17) is 0 Å². The summed E-state index contributed by atoms with van der Waals surface area (Å²) in [6.07, 6.45) is 0. The molecular formula is C18H16F2N2OS. The largest absolute Gasteiger partial charge is 0.285 e. The molecule has 2 aromatic carbocycles. The molecule has 124 valence electrons. The summed E-state index contributed by atoms with van der Waals surface area (Å²) in [6, 6.07) is 11.4. The van der Waals surface area contributed by atoms with Crippen LogP contribution in [-0.2, 0) is 5.75 Å². The topological polar surface area (TPSA) is 32.7 Å². The van der Waals surface area contributed by atoms with Crippen LogP contribution in [0.1, 0.15) is 21.5 Å². The van der Waals surface area contributed by atoms with Gasteiger partial charge < -0.3 is 0 Å². The maximum atomic E-state index is 13.9. The summed E-state index contributed by atoms with van der Waals surface area (Å²) >= 11 is 1.40. The number of hydrogen-bond acceptors (Lipinski definition) is 3. The number of aryl methyl sites for hydroxylation is 1. The first-order chi connectivity index (χ1) is 11.6. The summed E-state index contributed by atoms with van der Waals surface area (Å²) in [6.45, 7) is 2.80. The van der Waals surface area contributed by atoms with E-state index in [2.05, 4.69) is 4.99 Å². The number of halogens is 2. The van der Waals surface area contributed by atoms with E-state index in [0.717, 1.165) is 23.3 Å². The third-order valence-electron chi connectivity index (χ3n) is 3.84. The van der Waals surface area contributed by atoms with Gasteiger partial charge in [-0.05, 0) is 30.2 Å². The molecule has 1 heterocycles. The van der Waals surface area contributed by atoms with Crippen LogP contribution in [0.15, 0.2) is 47.5 Å². The quantitative estimate of drug-likeness (QED) is 0.841. The molecule has 1 aliphatic heterocycles. The van der Waals surface area contributed by atoms with Crippen LogP contribution in [0.4, 0.5) is 8.78 Å². The number of amides is 1. The summed E-state index contributed by atoms with van der Waals surface area (Å²) in [7, 11) is 0.